The largest absolute Gasteiger partial charge is 0.444 e. The van der Waals surface area contributed by atoms with E-state index in [1.807, 2.05) is 32.9 Å². The number of ether oxygens (including phenoxy) is 1. The van der Waals surface area contributed by atoms with Gasteiger partial charge in [0.15, 0.2) is 0 Å². The number of piperidine rings is 1. The molecule has 2 amide bonds. The van der Waals surface area contributed by atoms with Crippen LogP contribution in [0.15, 0.2) is 24.3 Å². The number of rotatable bonds is 6. The van der Waals surface area contributed by atoms with Crippen LogP contribution in [-0.2, 0) is 9.53 Å². The first-order valence-corrected chi connectivity index (χ1v) is 10.2. The van der Waals surface area contributed by atoms with Crippen LogP contribution in [0.4, 0.5) is 10.5 Å². The second kappa shape index (κ2) is 10.1. The van der Waals surface area contributed by atoms with Crippen LogP contribution in [-0.4, -0.2) is 60.6 Å². The third kappa shape index (κ3) is 8.07. The fourth-order valence-corrected chi connectivity index (χ4v) is 3.54. The maximum Gasteiger partial charge on any atom is 0.410 e. The molecule has 1 aliphatic rings. The number of anilines is 1. The van der Waals surface area contributed by atoms with E-state index in [2.05, 4.69) is 10.2 Å². The average molecular weight is 410 g/mol. The zero-order chi connectivity index (χ0) is 20.7. The minimum Gasteiger partial charge on any atom is -0.444 e. The molecule has 0 saturated carbocycles. The fourth-order valence-electron chi connectivity index (χ4n) is 3.35. The fraction of sp³-hybridized carbons (Fsp3) is 0.619. The summed E-state index contributed by atoms with van der Waals surface area (Å²) in [5, 5.41) is 3.49. The van der Waals surface area contributed by atoms with Crippen LogP contribution >= 0.6 is 11.6 Å². The molecule has 1 saturated heterocycles. The molecule has 2 rings (SSSR count). The van der Waals surface area contributed by atoms with Gasteiger partial charge in [-0.15, -0.1) is 0 Å². The Hall–Kier alpha value is -1.79. The van der Waals surface area contributed by atoms with Crippen molar-refractivity contribution in [3.8, 4) is 0 Å². The summed E-state index contributed by atoms with van der Waals surface area (Å²) in [6.45, 7) is 8.86. The van der Waals surface area contributed by atoms with Crippen LogP contribution < -0.4 is 5.32 Å². The van der Waals surface area contributed by atoms with Gasteiger partial charge in [0.25, 0.3) is 0 Å². The summed E-state index contributed by atoms with van der Waals surface area (Å²) in [7, 11) is 1.78. The molecule has 1 aromatic carbocycles. The topological polar surface area (TPSA) is 61.9 Å². The van der Waals surface area contributed by atoms with Crippen molar-refractivity contribution in [1.29, 1.82) is 0 Å². The Kier molecular flexibility index (Phi) is 8.13. The Labute approximate surface area is 173 Å². The summed E-state index contributed by atoms with van der Waals surface area (Å²) in [4.78, 5) is 28.3. The number of halogens is 1. The molecule has 1 atom stereocenters. The highest BCUT2D eigenvalue weighted by atomic mass is 35.5. The lowest BCUT2D eigenvalue weighted by molar-refractivity contribution is -0.116. The second-order valence-corrected chi connectivity index (χ2v) is 8.91. The van der Waals surface area contributed by atoms with Crippen LogP contribution in [0.2, 0.25) is 5.02 Å². The monoisotopic (exact) mass is 409 g/mol. The maximum atomic E-state index is 12.2. The molecule has 0 aromatic heterocycles. The molecule has 1 aromatic rings. The Morgan fingerprint density at radius 2 is 2.11 bits per heavy atom. The molecule has 0 radical (unpaired) electrons. The summed E-state index contributed by atoms with van der Waals surface area (Å²) in [6, 6.07) is 7.16. The third-order valence-electron chi connectivity index (χ3n) is 4.60. The number of carbonyl (C=O) groups is 2. The molecule has 1 heterocycles. The van der Waals surface area contributed by atoms with Crippen LogP contribution in [0.3, 0.4) is 0 Å². The second-order valence-electron chi connectivity index (χ2n) is 8.48. The van der Waals surface area contributed by atoms with E-state index in [1.54, 1.807) is 24.1 Å². The molecule has 1 unspecified atom stereocenters. The van der Waals surface area contributed by atoms with Crippen molar-refractivity contribution in [2.75, 3.05) is 38.5 Å². The van der Waals surface area contributed by atoms with Crippen LogP contribution in [0.1, 0.15) is 40.0 Å². The number of likely N-dealkylation sites (tertiary alicyclic amines) is 1. The lowest BCUT2D eigenvalue weighted by Crippen LogP contribution is -2.43. The molecular formula is C21H32ClN3O3. The number of nitrogens with zero attached hydrogens (tertiary/aromatic N) is 2. The number of hydrogen-bond acceptors (Lipinski definition) is 4. The van der Waals surface area contributed by atoms with Gasteiger partial charge >= 0.3 is 6.09 Å². The van der Waals surface area contributed by atoms with E-state index in [9.17, 15) is 9.59 Å². The van der Waals surface area contributed by atoms with E-state index in [4.69, 9.17) is 16.3 Å². The predicted octanol–water partition coefficient (Wildman–Crippen LogP) is 4.25. The molecule has 0 aliphatic carbocycles. The molecule has 28 heavy (non-hydrogen) atoms. The van der Waals surface area contributed by atoms with Gasteiger partial charge in [-0.05, 0) is 64.3 Å². The molecule has 6 nitrogen and oxygen atoms in total. The van der Waals surface area contributed by atoms with Crippen molar-refractivity contribution in [1.82, 2.24) is 9.80 Å². The van der Waals surface area contributed by atoms with Crippen molar-refractivity contribution in [3.63, 3.8) is 0 Å². The van der Waals surface area contributed by atoms with Crippen LogP contribution in [0.25, 0.3) is 0 Å². The van der Waals surface area contributed by atoms with Gasteiger partial charge in [-0.3, -0.25) is 4.79 Å². The van der Waals surface area contributed by atoms with E-state index in [0.717, 1.165) is 25.9 Å². The molecule has 1 fully saturated rings. The van der Waals surface area contributed by atoms with Crippen molar-refractivity contribution in [2.45, 2.75) is 45.6 Å². The summed E-state index contributed by atoms with van der Waals surface area (Å²) in [5.41, 5.74) is 0.230. The highest BCUT2D eigenvalue weighted by molar-refractivity contribution is 6.30. The zero-order valence-electron chi connectivity index (χ0n) is 17.3. The minimum absolute atomic E-state index is 0.0183. The third-order valence-corrected chi connectivity index (χ3v) is 4.84. The number of carbonyl (C=O) groups excluding carboxylic acids is 2. The lowest BCUT2D eigenvalue weighted by atomic mass is 9.97. The van der Waals surface area contributed by atoms with Crippen molar-refractivity contribution in [2.24, 2.45) is 5.92 Å². The van der Waals surface area contributed by atoms with Crippen molar-refractivity contribution in [3.05, 3.63) is 29.3 Å². The zero-order valence-corrected chi connectivity index (χ0v) is 18.1. The molecule has 0 spiro atoms. The van der Waals surface area contributed by atoms with Gasteiger partial charge < -0.3 is 19.9 Å². The molecule has 1 aliphatic heterocycles. The van der Waals surface area contributed by atoms with Gasteiger partial charge in [0.2, 0.25) is 5.91 Å². The van der Waals surface area contributed by atoms with Crippen molar-refractivity contribution < 1.29 is 14.3 Å². The van der Waals surface area contributed by atoms with Crippen molar-refractivity contribution >= 4 is 29.3 Å². The van der Waals surface area contributed by atoms with E-state index in [1.165, 1.54) is 0 Å². The number of nitrogens with one attached hydrogen (secondary N) is 1. The Morgan fingerprint density at radius 1 is 1.36 bits per heavy atom. The van der Waals surface area contributed by atoms with E-state index in [-0.39, 0.29) is 12.0 Å². The highest BCUT2D eigenvalue weighted by Gasteiger charge is 2.25. The molecule has 0 bridgehead atoms. The standard InChI is InChI=1S/C21H32ClN3O3/c1-21(2,3)28-20(27)24(4)14-16-7-6-11-25(15-16)12-10-19(26)23-18-9-5-8-17(22)13-18/h5,8-9,13,16H,6-7,10-12,14-15H2,1-4H3,(H,23,26). The smallest absolute Gasteiger partial charge is 0.410 e. The van der Waals surface area contributed by atoms with Crippen LogP contribution in [0.5, 0.6) is 0 Å². The lowest BCUT2D eigenvalue weighted by Gasteiger charge is -2.35. The molecule has 1 N–H and O–H groups in total. The normalized spacial score (nSPS) is 17.8. The Balaban J connectivity index is 1.75. The summed E-state index contributed by atoms with van der Waals surface area (Å²) in [6.07, 6.45) is 2.30. The van der Waals surface area contributed by atoms with Gasteiger partial charge in [-0.1, -0.05) is 17.7 Å². The average Bonchev–Trinajstić information content (AvgIpc) is 2.59. The van der Waals surface area contributed by atoms with Gasteiger partial charge in [0.05, 0.1) is 0 Å². The summed E-state index contributed by atoms with van der Waals surface area (Å²) < 4.78 is 5.42. The Morgan fingerprint density at radius 3 is 2.79 bits per heavy atom. The first kappa shape index (κ1) is 22.5. The van der Waals surface area contributed by atoms with Gasteiger partial charge in [0.1, 0.15) is 5.60 Å². The first-order valence-electron chi connectivity index (χ1n) is 9.84. The van der Waals surface area contributed by atoms with Gasteiger partial charge in [-0.25, -0.2) is 4.79 Å². The van der Waals surface area contributed by atoms with Crippen LogP contribution in [0, 0.1) is 5.92 Å². The number of benzene rings is 1. The van der Waals surface area contributed by atoms with E-state index >= 15 is 0 Å². The van der Waals surface area contributed by atoms with Gasteiger partial charge in [0, 0.05) is 43.8 Å². The van der Waals surface area contributed by atoms with E-state index in [0.29, 0.717) is 36.1 Å². The van der Waals surface area contributed by atoms with E-state index < -0.39 is 5.60 Å². The molecule has 7 heteroatoms. The number of amides is 2. The molecule has 156 valence electrons. The molecular weight excluding hydrogens is 378 g/mol. The summed E-state index contributed by atoms with van der Waals surface area (Å²) in [5.74, 6) is 0.373. The Bertz CT molecular complexity index is 675. The first-order chi connectivity index (χ1) is 13.1. The summed E-state index contributed by atoms with van der Waals surface area (Å²) >= 11 is 5.95. The predicted molar refractivity (Wildman–Crippen MR) is 113 cm³/mol. The highest BCUT2D eigenvalue weighted by Crippen LogP contribution is 2.19. The quantitative estimate of drug-likeness (QED) is 0.763. The minimum atomic E-state index is -0.486. The van der Waals surface area contributed by atoms with Gasteiger partial charge in [-0.2, -0.15) is 0 Å². The SMILES string of the molecule is CN(CC1CCCN(CCC(=O)Nc2cccc(Cl)c2)C1)C(=O)OC(C)(C)C. The number of hydrogen-bond donors (Lipinski definition) is 1. The maximum absolute atomic E-state index is 12.2.